The molecule has 0 aromatic rings. The molecule has 12 nitrogen and oxygen atoms in total. The Hall–Kier alpha value is 5.30. The van der Waals surface area contributed by atoms with Gasteiger partial charge in [0.05, 0.1) is 44.7 Å². The smallest absolute Gasteiger partial charge is 1.00 e. The Bertz CT molecular complexity index is 115. The van der Waals surface area contributed by atoms with Crippen molar-refractivity contribution in [2.75, 3.05) is 0 Å². The van der Waals surface area contributed by atoms with Gasteiger partial charge in [-0.2, -0.15) is 41.9 Å². The molecule has 0 aliphatic carbocycles. The first-order chi connectivity index (χ1) is 6.00. The minimum atomic E-state index is -4.69. The molecule has 0 heterocycles. The Kier molecular flexibility index (Phi) is 40.1. The standard InChI is InChI=1S/Ce.3ClHO4.Cs.Sr.3H/c;3*2-1(3,4)5;;;;;/h;3*(H,2,3,4,5);;;;;/q;;;;+1;+2;3*-1. The van der Waals surface area contributed by atoms with E-state index in [1.54, 1.807) is 0 Å². The van der Waals surface area contributed by atoms with E-state index in [1.165, 1.54) is 0 Å². The van der Waals surface area contributed by atoms with E-state index in [2.05, 4.69) is 0 Å². The summed E-state index contributed by atoms with van der Waals surface area (Å²) in [6, 6.07) is 0. The average Bonchev–Trinajstić information content (AvgIpc) is 1.41. The zero-order valence-electron chi connectivity index (χ0n) is 11.4. The number of hydrogen-bond donors (Lipinski definition) is 3. The van der Waals surface area contributed by atoms with Crippen molar-refractivity contribution in [2.24, 2.45) is 0 Å². The van der Waals surface area contributed by atoms with Crippen LogP contribution in [0.5, 0.6) is 0 Å². The predicted molar refractivity (Wildman–Crippen MR) is 15.7 cm³/mol. The molecule has 18 heavy (non-hydrogen) atoms. The Morgan fingerprint density at radius 1 is 0.556 bits per heavy atom. The van der Waals surface area contributed by atoms with Crippen LogP contribution in [0.2, 0.25) is 0 Å². The van der Waals surface area contributed by atoms with E-state index in [-0.39, 0.29) is 160 Å². The van der Waals surface area contributed by atoms with Gasteiger partial charge in [-0.25, -0.2) is 0 Å². The van der Waals surface area contributed by atoms with E-state index < -0.39 is 30.7 Å². The third-order valence-electron chi connectivity index (χ3n) is 0. The Balaban J connectivity index is -0.0000000129. The molecule has 0 rings (SSSR count). The molecule has 18 heteroatoms. The van der Waals surface area contributed by atoms with E-state index in [0.717, 1.165) is 0 Å². The molecule has 0 saturated carbocycles. The van der Waals surface area contributed by atoms with Crippen LogP contribution >= 0.6 is 0 Å². The van der Waals surface area contributed by atoms with Gasteiger partial charge in [0.15, 0.2) is 0 Å². The average molecular weight is 665 g/mol. The number of rotatable bonds is 0. The second kappa shape index (κ2) is 18.6. The molecule has 0 aliphatic rings. The third kappa shape index (κ3) is 313. The van der Waals surface area contributed by atoms with Gasteiger partial charge in [-0.15, -0.1) is 0 Å². The Morgan fingerprint density at radius 3 is 0.556 bits per heavy atom. The maximum Gasteiger partial charge on any atom is 2.00 e. The van der Waals surface area contributed by atoms with Crippen molar-refractivity contribution in [1.82, 2.24) is 0 Å². The summed E-state index contributed by atoms with van der Waals surface area (Å²) in [5.41, 5.74) is 0. The van der Waals surface area contributed by atoms with Crippen molar-refractivity contribution in [3.63, 3.8) is 0 Å². The van der Waals surface area contributed by atoms with Crippen LogP contribution in [0.25, 0.3) is 0 Å². The maximum atomic E-state index is 8.60. The summed E-state index contributed by atoms with van der Waals surface area (Å²) in [6.07, 6.45) is 0. The largest absolute Gasteiger partial charge is 2.00 e. The van der Waals surface area contributed by atoms with Gasteiger partial charge in [0, 0.05) is 41.7 Å². The van der Waals surface area contributed by atoms with Crippen LogP contribution < -0.4 is 111 Å². The van der Waals surface area contributed by atoms with Gasteiger partial charge in [0.25, 0.3) is 0 Å². The fourth-order valence-corrected chi connectivity index (χ4v) is 0. The second-order valence-electron chi connectivity index (χ2n) is 1.19. The van der Waals surface area contributed by atoms with Crippen LogP contribution in [-0.2, 0) is 0 Å². The fraction of sp³-hybridized carbons (Fsp3) is 0. The van der Waals surface area contributed by atoms with Gasteiger partial charge in [0.1, 0.15) is 0 Å². The summed E-state index contributed by atoms with van der Waals surface area (Å²) in [7, 11) is -14.1. The number of halogens is 3. The summed E-state index contributed by atoms with van der Waals surface area (Å²) >= 11 is 0. The summed E-state index contributed by atoms with van der Waals surface area (Å²) < 4.78 is 98.2. The van der Waals surface area contributed by atoms with Crippen LogP contribution in [-0.4, -0.2) is 59.5 Å². The zero-order chi connectivity index (χ0) is 13.5. The molecule has 3 N–H and O–H groups in total. The van der Waals surface area contributed by atoms with Gasteiger partial charge < -0.3 is 4.28 Å². The van der Waals surface area contributed by atoms with E-state index in [9.17, 15) is 0 Å². The molecule has 0 fully saturated rings. The van der Waals surface area contributed by atoms with Gasteiger partial charge in [0.2, 0.25) is 0 Å². The first kappa shape index (κ1) is 38.7. The topological polar surface area (TPSA) is 268 Å². The first-order valence-corrected chi connectivity index (χ1v) is 5.69. The van der Waals surface area contributed by atoms with Crippen molar-refractivity contribution in [3.05, 3.63) is 0 Å². The quantitative estimate of drug-likeness (QED) is 0.204. The number of hydrogen-bond acceptors (Lipinski definition) is 12. The van der Waals surface area contributed by atoms with E-state index in [4.69, 9.17) is 55.9 Å². The Labute approximate surface area is 240 Å². The van der Waals surface area contributed by atoms with E-state index in [0.29, 0.717) is 0 Å². The molecule has 0 spiro atoms. The van der Waals surface area contributed by atoms with Crippen LogP contribution in [0.4, 0.5) is 0 Å². The van der Waals surface area contributed by atoms with Crippen molar-refractivity contribution < 1.29 is 202 Å². The zero-order valence-corrected chi connectivity index (χ0v) is 23.5. The minimum Gasteiger partial charge on any atom is -1.00 e. The monoisotopic (exact) mass is 664 g/mol. The summed E-state index contributed by atoms with van der Waals surface area (Å²) in [5, 5.41) is 0. The Morgan fingerprint density at radius 2 is 0.556 bits per heavy atom. The summed E-state index contributed by atoms with van der Waals surface area (Å²) in [4.78, 5) is 0. The van der Waals surface area contributed by atoms with Gasteiger partial charge in [-0.3, -0.25) is 0 Å². The minimum absolute atomic E-state index is 0. The maximum absolute atomic E-state index is 8.60. The molecule has 0 atom stereocenters. The van der Waals surface area contributed by atoms with Crippen LogP contribution in [0.15, 0.2) is 0 Å². The predicted octanol–water partition coefficient (Wildman–Crippen LogP) is -15.4. The molecule has 0 saturated heterocycles. The van der Waals surface area contributed by atoms with Crippen LogP contribution in [0.3, 0.4) is 0 Å². The molecule has 0 aliphatic heterocycles. The molecular weight excluding hydrogens is 659 g/mol. The van der Waals surface area contributed by atoms with Crippen molar-refractivity contribution in [3.8, 4) is 0 Å². The second-order valence-corrected chi connectivity index (χ2v) is 3.56. The molecule has 106 valence electrons. The van der Waals surface area contributed by atoms with Gasteiger partial charge >= 0.3 is 114 Å². The molecule has 0 amide bonds. The first-order valence-electron chi connectivity index (χ1n) is 1.90. The van der Waals surface area contributed by atoms with E-state index >= 15 is 0 Å². The van der Waals surface area contributed by atoms with Crippen LogP contribution in [0, 0.1) is 72.5 Å². The SMILES string of the molecule is [Ce].[Cs+].[H-].[H-].[H-].[O-][Cl+3]([O-])([O-])O.[O-][Cl+3]([O-])([O-])O.[O-][Cl+3]([O-])([O-])O.[Sr+2]. The van der Waals surface area contributed by atoms with Gasteiger partial charge in [-0.1, -0.05) is 0 Å². The summed E-state index contributed by atoms with van der Waals surface area (Å²) in [5.74, 6) is 0. The van der Waals surface area contributed by atoms with Crippen LogP contribution in [0.1, 0.15) is 4.28 Å². The van der Waals surface area contributed by atoms with Crippen molar-refractivity contribution in [2.45, 2.75) is 0 Å². The van der Waals surface area contributed by atoms with Crippen molar-refractivity contribution in [1.29, 1.82) is 0 Å². The summed E-state index contributed by atoms with van der Waals surface area (Å²) in [6.45, 7) is 0. The van der Waals surface area contributed by atoms with E-state index in [1.807, 2.05) is 0 Å². The fourth-order valence-electron chi connectivity index (χ4n) is 0. The molecule has 0 unspecified atom stereocenters. The van der Waals surface area contributed by atoms with Crippen molar-refractivity contribution >= 4 is 45.5 Å². The molecular formula is H6CeCl3CsO12Sr. The molecule has 0 radical (unpaired) electrons. The third-order valence-corrected chi connectivity index (χ3v) is 0. The van der Waals surface area contributed by atoms with Gasteiger partial charge in [-0.05, 0) is 0 Å². The normalized spacial score (nSPS) is 10.0. The molecule has 0 aromatic carbocycles. The molecule has 0 aromatic heterocycles. The molecule has 0 bridgehead atoms.